The topological polar surface area (TPSA) is 67.8 Å². The predicted octanol–water partition coefficient (Wildman–Crippen LogP) is 3.80. The quantitative estimate of drug-likeness (QED) is 0.387. The summed E-state index contributed by atoms with van der Waals surface area (Å²) in [6, 6.07) is 6.76. The molecule has 0 spiro atoms. The summed E-state index contributed by atoms with van der Waals surface area (Å²) in [5.41, 5.74) is -0.0443. The minimum atomic E-state index is -4.68. The van der Waals surface area contributed by atoms with Crippen molar-refractivity contribution in [2.75, 3.05) is 12.8 Å². The highest BCUT2D eigenvalue weighted by Gasteiger charge is 2.35. The number of halogens is 3. The molecule has 0 bridgehead atoms. The maximum Gasteiger partial charge on any atom is 0.451 e. The first-order valence-corrected chi connectivity index (χ1v) is 9.28. The summed E-state index contributed by atoms with van der Waals surface area (Å²) in [5.74, 6) is -1.43. The number of thiophene rings is 1. The van der Waals surface area contributed by atoms with E-state index in [9.17, 15) is 18.0 Å². The molecule has 26 heavy (non-hydrogen) atoms. The fourth-order valence-corrected chi connectivity index (χ4v) is 4.11. The van der Waals surface area contributed by atoms with Crippen molar-refractivity contribution in [3.05, 3.63) is 46.0 Å². The number of carbonyl (C=O) groups excluding carboxylic acids is 1. The van der Waals surface area contributed by atoms with Crippen molar-refractivity contribution in [1.29, 1.82) is 0 Å². The van der Waals surface area contributed by atoms with Crippen LogP contribution in [0.25, 0.3) is 11.0 Å². The average molecular weight is 398 g/mol. The van der Waals surface area contributed by atoms with Gasteiger partial charge in [0.05, 0.1) is 16.0 Å². The Kier molecular flexibility index (Phi) is 5.54. The van der Waals surface area contributed by atoms with Crippen LogP contribution in [0.15, 0.2) is 35.5 Å². The van der Waals surface area contributed by atoms with Crippen LogP contribution in [0.3, 0.4) is 0 Å². The molecule has 3 rings (SSSR count). The zero-order valence-electron chi connectivity index (χ0n) is 13.5. The van der Waals surface area contributed by atoms with E-state index in [-0.39, 0.29) is 22.2 Å². The molecular formula is C16H13F3N4OS2. The number of alkyl halides is 3. The second kappa shape index (κ2) is 7.68. The Labute approximate surface area is 155 Å². The van der Waals surface area contributed by atoms with Gasteiger partial charge in [0.15, 0.2) is 11.4 Å². The monoisotopic (exact) mass is 398 g/mol. The summed E-state index contributed by atoms with van der Waals surface area (Å²) in [6.45, 7) is 0.655. The van der Waals surface area contributed by atoms with Gasteiger partial charge < -0.3 is 5.32 Å². The molecular weight excluding hydrogens is 385 g/mol. The van der Waals surface area contributed by atoms with Crippen molar-refractivity contribution in [3.8, 4) is 0 Å². The summed E-state index contributed by atoms with van der Waals surface area (Å²) in [6.07, 6.45) is -3.31. The molecule has 3 heterocycles. The van der Waals surface area contributed by atoms with Gasteiger partial charge in [0.2, 0.25) is 5.82 Å². The van der Waals surface area contributed by atoms with Crippen LogP contribution in [0, 0.1) is 0 Å². The van der Waals surface area contributed by atoms with Crippen molar-refractivity contribution in [3.63, 3.8) is 0 Å². The number of hydrogen-bond donors (Lipinski definition) is 1. The van der Waals surface area contributed by atoms with Gasteiger partial charge >= 0.3 is 6.18 Å². The SMILES string of the molecule is CNCc1ccc(C(=O)CSc2nc(C(F)(F)F)nc3ncccc23)s1. The van der Waals surface area contributed by atoms with E-state index in [1.165, 1.54) is 17.5 Å². The normalized spacial score (nSPS) is 11.8. The van der Waals surface area contributed by atoms with E-state index in [0.717, 1.165) is 16.6 Å². The zero-order valence-corrected chi connectivity index (χ0v) is 15.1. The number of pyridine rings is 1. The lowest BCUT2D eigenvalue weighted by Gasteiger charge is -2.09. The van der Waals surface area contributed by atoms with Gasteiger partial charge in [-0.1, -0.05) is 11.8 Å². The molecule has 3 aromatic heterocycles. The second-order valence-electron chi connectivity index (χ2n) is 5.23. The fraction of sp³-hybridized carbons (Fsp3) is 0.250. The number of ketones is 1. The van der Waals surface area contributed by atoms with Gasteiger partial charge in [0, 0.05) is 17.6 Å². The Morgan fingerprint density at radius 2 is 2.08 bits per heavy atom. The van der Waals surface area contributed by atoms with Crippen LogP contribution in [0.4, 0.5) is 13.2 Å². The summed E-state index contributed by atoms with van der Waals surface area (Å²) in [4.78, 5) is 24.9. The lowest BCUT2D eigenvalue weighted by atomic mass is 10.3. The van der Waals surface area contributed by atoms with Gasteiger partial charge in [-0.3, -0.25) is 4.79 Å². The van der Waals surface area contributed by atoms with Crippen LogP contribution in [0.5, 0.6) is 0 Å². The van der Waals surface area contributed by atoms with E-state index in [1.54, 1.807) is 18.2 Å². The molecule has 0 fully saturated rings. The third-order valence-electron chi connectivity index (χ3n) is 3.32. The average Bonchev–Trinajstić information content (AvgIpc) is 3.07. The number of thioether (sulfide) groups is 1. The highest BCUT2D eigenvalue weighted by molar-refractivity contribution is 8.00. The minimum Gasteiger partial charge on any atom is -0.315 e. The standard InChI is InChI=1S/C16H13F3N4OS2/c1-20-7-9-4-5-12(26-9)11(24)8-25-14-10-3-2-6-21-13(10)22-15(23-14)16(17,18)19/h2-6,20H,7-8H2,1H3. The Balaban J connectivity index is 1.84. The number of Topliss-reactive ketones (excluding diaryl/α,β-unsaturated/α-hetero) is 1. The first-order chi connectivity index (χ1) is 12.4. The van der Waals surface area contributed by atoms with E-state index in [2.05, 4.69) is 20.3 Å². The Morgan fingerprint density at radius 3 is 2.81 bits per heavy atom. The Hall–Kier alpha value is -2.04. The highest BCUT2D eigenvalue weighted by Crippen LogP contribution is 2.32. The Morgan fingerprint density at radius 1 is 1.27 bits per heavy atom. The van der Waals surface area contributed by atoms with Gasteiger partial charge in [-0.2, -0.15) is 13.2 Å². The molecule has 136 valence electrons. The number of hydrogen-bond acceptors (Lipinski definition) is 7. The summed E-state index contributed by atoms with van der Waals surface area (Å²) >= 11 is 2.32. The molecule has 3 aromatic rings. The highest BCUT2D eigenvalue weighted by atomic mass is 32.2. The van der Waals surface area contributed by atoms with Crippen molar-refractivity contribution >= 4 is 39.9 Å². The second-order valence-corrected chi connectivity index (χ2v) is 7.37. The van der Waals surface area contributed by atoms with E-state index in [0.29, 0.717) is 16.8 Å². The molecule has 0 saturated carbocycles. The molecule has 5 nitrogen and oxygen atoms in total. The molecule has 0 aliphatic heterocycles. The van der Waals surface area contributed by atoms with E-state index in [4.69, 9.17) is 0 Å². The van der Waals surface area contributed by atoms with Gasteiger partial charge in [-0.05, 0) is 31.3 Å². The molecule has 0 amide bonds. The summed E-state index contributed by atoms with van der Waals surface area (Å²) < 4.78 is 39.0. The van der Waals surface area contributed by atoms with Crippen molar-refractivity contribution in [1.82, 2.24) is 20.3 Å². The van der Waals surface area contributed by atoms with Crippen molar-refractivity contribution in [2.45, 2.75) is 17.7 Å². The largest absolute Gasteiger partial charge is 0.451 e. The van der Waals surface area contributed by atoms with Crippen molar-refractivity contribution < 1.29 is 18.0 Å². The number of fused-ring (bicyclic) bond motifs is 1. The van der Waals surface area contributed by atoms with Crippen molar-refractivity contribution in [2.24, 2.45) is 0 Å². The van der Waals surface area contributed by atoms with Gasteiger partial charge in [-0.25, -0.2) is 15.0 Å². The molecule has 0 radical (unpaired) electrons. The number of aromatic nitrogens is 3. The van der Waals surface area contributed by atoms with Crippen LogP contribution in [-0.4, -0.2) is 33.5 Å². The maximum atomic E-state index is 13.0. The third kappa shape index (κ3) is 4.19. The Bertz CT molecular complexity index is 943. The molecule has 10 heteroatoms. The lowest BCUT2D eigenvalue weighted by molar-refractivity contribution is -0.145. The fourth-order valence-electron chi connectivity index (χ4n) is 2.17. The molecule has 0 aliphatic carbocycles. The van der Waals surface area contributed by atoms with Gasteiger partial charge in [0.25, 0.3) is 0 Å². The van der Waals surface area contributed by atoms with Crippen LogP contribution in [0.1, 0.15) is 20.4 Å². The smallest absolute Gasteiger partial charge is 0.315 e. The van der Waals surface area contributed by atoms with Crippen LogP contribution >= 0.6 is 23.1 Å². The first kappa shape index (κ1) is 18.7. The van der Waals surface area contributed by atoms with Gasteiger partial charge in [-0.15, -0.1) is 11.3 Å². The number of nitrogens with zero attached hydrogens (tertiary/aromatic N) is 3. The summed E-state index contributed by atoms with van der Waals surface area (Å²) in [7, 11) is 1.81. The molecule has 0 aliphatic rings. The van der Waals surface area contributed by atoms with Gasteiger partial charge in [0.1, 0.15) is 5.03 Å². The molecule has 0 unspecified atom stereocenters. The number of rotatable bonds is 6. The van der Waals surface area contributed by atoms with E-state index < -0.39 is 12.0 Å². The first-order valence-electron chi connectivity index (χ1n) is 7.48. The zero-order chi connectivity index (χ0) is 18.7. The molecule has 1 N–H and O–H groups in total. The van der Waals surface area contributed by atoms with E-state index in [1.807, 2.05) is 13.1 Å². The van der Waals surface area contributed by atoms with Crippen LogP contribution in [0.2, 0.25) is 0 Å². The third-order valence-corrected chi connectivity index (χ3v) is 5.43. The number of nitrogens with one attached hydrogen (secondary N) is 1. The molecule has 0 aromatic carbocycles. The lowest BCUT2D eigenvalue weighted by Crippen LogP contribution is -2.12. The number of carbonyl (C=O) groups is 1. The molecule has 0 saturated heterocycles. The predicted molar refractivity (Wildman–Crippen MR) is 94.5 cm³/mol. The molecule has 0 atom stereocenters. The van der Waals surface area contributed by atoms with Crippen LogP contribution < -0.4 is 5.32 Å². The minimum absolute atomic E-state index is 0.0161. The summed E-state index contributed by atoms with van der Waals surface area (Å²) in [5, 5.41) is 3.48. The van der Waals surface area contributed by atoms with E-state index >= 15 is 0 Å². The van der Waals surface area contributed by atoms with Crippen LogP contribution in [-0.2, 0) is 12.7 Å². The maximum absolute atomic E-state index is 13.0.